The highest BCUT2D eigenvalue weighted by molar-refractivity contribution is 7.80. The second-order valence-corrected chi connectivity index (χ2v) is 3.27. The number of amides is 1. The van der Waals surface area contributed by atoms with Crippen molar-refractivity contribution in [3.63, 3.8) is 0 Å². The second kappa shape index (κ2) is 5.36. The number of nitrogens with one attached hydrogen (secondary N) is 1. The van der Waals surface area contributed by atoms with Crippen molar-refractivity contribution in [2.75, 3.05) is 6.54 Å². The van der Waals surface area contributed by atoms with E-state index in [9.17, 15) is 4.79 Å². The van der Waals surface area contributed by atoms with Gasteiger partial charge in [0.25, 0.3) is 5.91 Å². The number of thiol groups is 1. The van der Waals surface area contributed by atoms with Crippen LogP contribution in [0.25, 0.3) is 0 Å². The fraction of sp³-hybridized carbons (Fsp3) is 0.182. The van der Waals surface area contributed by atoms with Crippen LogP contribution in [0, 0.1) is 12.3 Å². The topological polar surface area (TPSA) is 29.1 Å². The van der Waals surface area contributed by atoms with E-state index >= 15 is 0 Å². The molecule has 0 aliphatic rings. The predicted molar refractivity (Wildman–Crippen MR) is 59.5 cm³/mol. The number of rotatable bonds is 3. The molecule has 0 unspecified atom stereocenters. The molecular weight excluding hydrogens is 194 g/mol. The second-order valence-electron chi connectivity index (χ2n) is 2.76. The van der Waals surface area contributed by atoms with Crippen LogP contribution in [-0.4, -0.2) is 12.5 Å². The zero-order chi connectivity index (χ0) is 10.4. The summed E-state index contributed by atoms with van der Waals surface area (Å²) in [6.45, 7) is 0.512. The Kier molecular flexibility index (Phi) is 4.09. The van der Waals surface area contributed by atoms with Crippen LogP contribution in [0.15, 0.2) is 29.2 Å². The fourth-order valence-electron chi connectivity index (χ4n) is 0.963. The average Bonchev–Trinajstić information content (AvgIpc) is 2.19. The minimum absolute atomic E-state index is 0.103. The molecule has 1 amide bonds. The molecule has 1 aromatic rings. The monoisotopic (exact) mass is 205 g/mol. The number of carbonyl (C=O) groups is 1. The zero-order valence-electron chi connectivity index (χ0n) is 7.66. The first kappa shape index (κ1) is 10.7. The Bertz CT molecular complexity index is 351. The average molecular weight is 205 g/mol. The summed E-state index contributed by atoms with van der Waals surface area (Å²) in [7, 11) is 0. The van der Waals surface area contributed by atoms with Gasteiger partial charge in [-0.15, -0.1) is 25.0 Å². The van der Waals surface area contributed by atoms with Gasteiger partial charge in [-0.3, -0.25) is 4.79 Å². The van der Waals surface area contributed by atoms with Crippen molar-refractivity contribution in [1.29, 1.82) is 0 Å². The molecule has 0 radical (unpaired) electrons. The Labute approximate surface area is 89.1 Å². The van der Waals surface area contributed by atoms with Gasteiger partial charge in [0.2, 0.25) is 0 Å². The highest BCUT2D eigenvalue weighted by Crippen LogP contribution is 2.07. The molecule has 0 bridgehead atoms. The molecule has 14 heavy (non-hydrogen) atoms. The Morgan fingerprint density at radius 3 is 2.64 bits per heavy atom. The molecule has 0 saturated carbocycles. The van der Waals surface area contributed by atoms with Crippen molar-refractivity contribution >= 4 is 18.5 Å². The van der Waals surface area contributed by atoms with E-state index in [1.165, 1.54) is 0 Å². The zero-order valence-corrected chi connectivity index (χ0v) is 8.55. The quantitative estimate of drug-likeness (QED) is 0.439. The summed E-state index contributed by atoms with van der Waals surface area (Å²) in [5, 5.41) is 2.71. The van der Waals surface area contributed by atoms with Crippen LogP contribution in [0.5, 0.6) is 0 Å². The van der Waals surface area contributed by atoms with Gasteiger partial charge in [-0.25, -0.2) is 0 Å². The SMILES string of the molecule is C#CCCNC(=O)c1ccc(S)cc1. The summed E-state index contributed by atoms with van der Waals surface area (Å²) in [6, 6.07) is 7.01. The Balaban J connectivity index is 2.53. The first-order valence-corrected chi connectivity index (χ1v) is 4.69. The number of hydrogen-bond donors (Lipinski definition) is 2. The van der Waals surface area contributed by atoms with E-state index in [2.05, 4.69) is 23.9 Å². The Morgan fingerprint density at radius 1 is 1.43 bits per heavy atom. The molecule has 0 aromatic heterocycles. The van der Waals surface area contributed by atoms with Gasteiger partial charge in [0.15, 0.2) is 0 Å². The van der Waals surface area contributed by atoms with Crippen LogP contribution in [0.1, 0.15) is 16.8 Å². The van der Waals surface area contributed by atoms with Gasteiger partial charge in [-0.1, -0.05) is 0 Å². The Hall–Kier alpha value is -1.40. The van der Waals surface area contributed by atoms with E-state index in [4.69, 9.17) is 6.42 Å². The van der Waals surface area contributed by atoms with E-state index in [-0.39, 0.29) is 5.91 Å². The number of carbonyl (C=O) groups excluding carboxylic acids is 1. The van der Waals surface area contributed by atoms with Gasteiger partial charge >= 0.3 is 0 Å². The first-order valence-electron chi connectivity index (χ1n) is 4.24. The molecule has 0 aliphatic heterocycles. The van der Waals surface area contributed by atoms with E-state index in [0.29, 0.717) is 18.5 Å². The van der Waals surface area contributed by atoms with Crippen molar-refractivity contribution in [1.82, 2.24) is 5.32 Å². The van der Waals surface area contributed by atoms with Crippen molar-refractivity contribution in [2.45, 2.75) is 11.3 Å². The maximum Gasteiger partial charge on any atom is 0.251 e. The predicted octanol–water partition coefficient (Wildman–Crippen LogP) is 1.73. The molecule has 0 atom stereocenters. The third kappa shape index (κ3) is 3.15. The molecule has 0 heterocycles. The maximum atomic E-state index is 11.4. The third-order valence-corrected chi connectivity index (χ3v) is 1.98. The molecular formula is C11H11NOS. The van der Waals surface area contributed by atoms with Crippen LogP contribution in [0.2, 0.25) is 0 Å². The van der Waals surface area contributed by atoms with Gasteiger partial charge in [-0.2, -0.15) is 0 Å². The molecule has 3 heteroatoms. The number of benzene rings is 1. The molecule has 1 N–H and O–H groups in total. The van der Waals surface area contributed by atoms with Crippen LogP contribution in [-0.2, 0) is 0 Å². The highest BCUT2D eigenvalue weighted by atomic mass is 32.1. The number of terminal acetylenes is 1. The minimum Gasteiger partial charge on any atom is -0.351 e. The van der Waals surface area contributed by atoms with Crippen molar-refractivity contribution in [3.8, 4) is 12.3 Å². The molecule has 2 nitrogen and oxygen atoms in total. The lowest BCUT2D eigenvalue weighted by Gasteiger charge is -2.02. The molecule has 1 aromatic carbocycles. The van der Waals surface area contributed by atoms with E-state index < -0.39 is 0 Å². The highest BCUT2D eigenvalue weighted by Gasteiger charge is 2.02. The van der Waals surface area contributed by atoms with Crippen LogP contribution in [0.4, 0.5) is 0 Å². The first-order chi connectivity index (χ1) is 6.74. The van der Waals surface area contributed by atoms with Gasteiger partial charge in [0.1, 0.15) is 0 Å². The lowest BCUT2D eigenvalue weighted by Crippen LogP contribution is -2.23. The van der Waals surface area contributed by atoms with Gasteiger partial charge in [0.05, 0.1) is 0 Å². The molecule has 72 valence electrons. The molecule has 0 fully saturated rings. The summed E-state index contributed by atoms with van der Waals surface area (Å²) in [5.74, 6) is 2.35. The molecule has 0 aliphatic carbocycles. The normalized spacial score (nSPS) is 9.14. The maximum absolute atomic E-state index is 11.4. The summed E-state index contributed by atoms with van der Waals surface area (Å²) < 4.78 is 0. The smallest absolute Gasteiger partial charge is 0.251 e. The van der Waals surface area contributed by atoms with Gasteiger partial charge in [-0.05, 0) is 24.3 Å². The molecule has 0 spiro atoms. The lowest BCUT2D eigenvalue weighted by atomic mass is 10.2. The minimum atomic E-state index is -0.103. The lowest BCUT2D eigenvalue weighted by molar-refractivity contribution is 0.0954. The van der Waals surface area contributed by atoms with Crippen molar-refractivity contribution < 1.29 is 4.79 Å². The largest absolute Gasteiger partial charge is 0.351 e. The van der Waals surface area contributed by atoms with Gasteiger partial charge < -0.3 is 5.32 Å². The number of hydrogen-bond acceptors (Lipinski definition) is 2. The summed E-state index contributed by atoms with van der Waals surface area (Å²) in [4.78, 5) is 12.3. The van der Waals surface area contributed by atoms with E-state index in [0.717, 1.165) is 4.90 Å². The summed E-state index contributed by atoms with van der Waals surface area (Å²) >= 11 is 4.13. The van der Waals surface area contributed by atoms with Crippen LogP contribution < -0.4 is 5.32 Å². The summed E-state index contributed by atoms with van der Waals surface area (Å²) in [6.07, 6.45) is 5.61. The summed E-state index contributed by atoms with van der Waals surface area (Å²) in [5.41, 5.74) is 0.625. The van der Waals surface area contributed by atoms with Crippen LogP contribution >= 0.6 is 12.6 Å². The molecule has 1 rings (SSSR count). The fourth-order valence-corrected chi connectivity index (χ4v) is 1.11. The van der Waals surface area contributed by atoms with Crippen LogP contribution in [0.3, 0.4) is 0 Å². The van der Waals surface area contributed by atoms with E-state index in [1.54, 1.807) is 24.3 Å². The Morgan fingerprint density at radius 2 is 2.07 bits per heavy atom. The molecule has 0 saturated heterocycles. The van der Waals surface area contributed by atoms with Gasteiger partial charge in [0, 0.05) is 23.4 Å². The van der Waals surface area contributed by atoms with Crippen molar-refractivity contribution in [3.05, 3.63) is 29.8 Å². The standard InChI is InChI=1S/C11H11NOS/c1-2-3-8-12-11(13)9-4-6-10(14)7-5-9/h1,4-7,14H,3,8H2,(H,12,13). The third-order valence-electron chi connectivity index (χ3n) is 1.68. The van der Waals surface area contributed by atoms with E-state index in [1.807, 2.05) is 0 Å². The van der Waals surface area contributed by atoms with Crippen molar-refractivity contribution in [2.24, 2.45) is 0 Å².